The predicted molar refractivity (Wildman–Crippen MR) is 284 cm³/mol. The van der Waals surface area contributed by atoms with Crippen molar-refractivity contribution in [1.29, 1.82) is 0 Å². The Morgan fingerprint density at radius 1 is 0.313 bits per heavy atom. The predicted octanol–water partition coefficient (Wildman–Crippen LogP) is 16.5. The average molecular weight is 875 g/mol. The highest BCUT2D eigenvalue weighted by Crippen LogP contribution is 2.57. The summed E-state index contributed by atoms with van der Waals surface area (Å²) < 4.78 is 12.9. The highest BCUT2D eigenvalue weighted by molar-refractivity contribution is 7.04. The van der Waals surface area contributed by atoms with Gasteiger partial charge in [0.25, 0.3) is 0 Å². The van der Waals surface area contributed by atoms with Gasteiger partial charge in [0.1, 0.15) is 30.4 Å². The molecule has 1 aliphatic heterocycles. The van der Waals surface area contributed by atoms with Crippen LogP contribution in [0.2, 0.25) is 13.1 Å². The molecule has 12 aromatic rings. The van der Waals surface area contributed by atoms with E-state index in [1.807, 2.05) is 12.1 Å². The normalized spacial score (nSPS) is 15.7. The first kappa shape index (κ1) is 37.7. The van der Waals surface area contributed by atoms with Gasteiger partial charge in [-0.15, -0.1) is 0 Å². The van der Waals surface area contributed by atoms with Crippen LogP contribution in [0.3, 0.4) is 0 Å². The van der Waals surface area contributed by atoms with Crippen LogP contribution in [0.4, 0.5) is 0 Å². The maximum absolute atomic E-state index is 6.43. The fourth-order valence-corrected chi connectivity index (χ4v) is 16.2. The molecule has 0 spiro atoms. The van der Waals surface area contributed by atoms with Gasteiger partial charge < -0.3 is 8.83 Å². The Bertz CT molecular complexity index is 3970. The monoisotopic (exact) mass is 874 g/mol. The third-order valence-corrected chi connectivity index (χ3v) is 20.2. The van der Waals surface area contributed by atoms with E-state index >= 15 is 0 Å². The van der Waals surface area contributed by atoms with Crippen molar-refractivity contribution in [3.05, 3.63) is 192 Å². The summed E-state index contributed by atoms with van der Waals surface area (Å²) in [5, 5.41) is 13.0. The molecule has 2 aliphatic carbocycles. The minimum Gasteiger partial charge on any atom is -0.456 e. The molecule has 0 unspecified atom stereocenters. The molecule has 67 heavy (non-hydrogen) atoms. The minimum absolute atomic E-state index is 0.205. The first-order chi connectivity index (χ1) is 32.5. The molecule has 2 aromatic heterocycles. The average Bonchev–Trinajstić information content (AvgIpc) is 4.08. The summed E-state index contributed by atoms with van der Waals surface area (Å²) in [4.78, 5) is 0. The molecule has 3 aliphatic rings. The van der Waals surface area contributed by atoms with Crippen LogP contribution in [0.25, 0.3) is 121 Å². The summed E-state index contributed by atoms with van der Waals surface area (Å²) >= 11 is 0. The highest BCUT2D eigenvalue weighted by Gasteiger charge is 2.46. The van der Waals surface area contributed by atoms with E-state index in [0.717, 1.165) is 43.9 Å². The van der Waals surface area contributed by atoms with Crippen molar-refractivity contribution in [2.75, 3.05) is 0 Å². The third kappa shape index (κ3) is 4.75. The number of rotatable bonds is 2. The van der Waals surface area contributed by atoms with Gasteiger partial charge in [-0.3, -0.25) is 0 Å². The first-order valence-corrected chi connectivity index (χ1v) is 26.8. The van der Waals surface area contributed by atoms with Crippen molar-refractivity contribution in [3.63, 3.8) is 0 Å². The standard InChI is InChI=1S/C64H46O2Si/c1-63(2)51-31-47-48-32-52-50(62-44-20-10-8-16-38(44)46(30-54(62)64(52,3)4)36-24-26-42-40-18-12-14-22-56(40)66-58(42)28-36)34-60(48)67(5,6)59(47)33-49(51)61-43-19-9-7-15-37(43)45(29-53(61)63)35-23-25-41-39-17-11-13-21-55(39)65-57(41)27-35/h7-34H,1-6H3. The van der Waals surface area contributed by atoms with Crippen molar-refractivity contribution >= 4 is 83.9 Å². The van der Waals surface area contributed by atoms with E-state index in [1.54, 1.807) is 10.4 Å². The van der Waals surface area contributed by atoms with Crippen LogP contribution >= 0.6 is 0 Å². The van der Waals surface area contributed by atoms with Gasteiger partial charge in [0.05, 0.1) is 0 Å². The molecule has 2 nitrogen and oxygen atoms in total. The highest BCUT2D eigenvalue weighted by atomic mass is 28.3. The molecule has 3 heteroatoms. The molecule has 318 valence electrons. The maximum Gasteiger partial charge on any atom is 0.136 e. The van der Waals surface area contributed by atoms with Gasteiger partial charge in [0.15, 0.2) is 0 Å². The molecular weight excluding hydrogens is 829 g/mol. The van der Waals surface area contributed by atoms with Gasteiger partial charge in [0, 0.05) is 32.4 Å². The van der Waals surface area contributed by atoms with Crippen LogP contribution in [0, 0.1) is 0 Å². The fourth-order valence-electron chi connectivity index (χ4n) is 13.1. The quantitative estimate of drug-likeness (QED) is 0.162. The third-order valence-electron chi connectivity index (χ3n) is 16.7. The van der Waals surface area contributed by atoms with Crippen LogP contribution in [-0.4, -0.2) is 8.07 Å². The van der Waals surface area contributed by atoms with E-state index in [1.165, 1.54) is 99.4 Å². The second-order valence-corrected chi connectivity index (χ2v) is 25.5. The van der Waals surface area contributed by atoms with Gasteiger partial charge in [-0.25, -0.2) is 0 Å². The smallest absolute Gasteiger partial charge is 0.136 e. The fraction of sp³-hybridized carbons (Fsp3) is 0.125. The van der Waals surface area contributed by atoms with Gasteiger partial charge in [-0.1, -0.05) is 150 Å². The number of benzene rings is 10. The Kier molecular flexibility index (Phi) is 7.04. The van der Waals surface area contributed by atoms with E-state index in [9.17, 15) is 0 Å². The molecule has 0 saturated carbocycles. The molecule has 10 aromatic carbocycles. The van der Waals surface area contributed by atoms with Crippen molar-refractivity contribution < 1.29 is 8.83 Å². The second-order valence-electron chi connectivity index (χ2n) is 21.2. The molecule has 3 heterocycles. The molecule has 0 atom stereocenters. The molecule has 0 amide bonds. The molecule has 0 fully saturated rings. The van der Waals surface area contributed by atoms with E-state index in [2.05, 4.69) is 199 Å². The van der Waals surface area contributed by atoms with Crippen molar-refractivity contribution in [3.8, 4) is 55.6 Å². The zero-order valence-corrected chi connectivity index (χ0v) is 39.5. The van der Waals surface area contributed by atoms with Crippen LogP contribution in [-0.2, 0) is 10.8 Å². The summed E-state index contributed by atoms with van der Waals surface area (Å²) in [5.74, 6) is 0. The number of furan rings is 2. The number of hydrogen-bond acceptors (Lipinski definition) is 2. The number of para-hydroxylation sites is 2. The number of fused-ring (bicyclic) bond motifs is 19. The molecular formula is C64H46O2Si. The van der Waals surface area contributed by atoms with Crippen molar-refractivity contribution in [2.45, 2.75) is 51.6 Å². The van der Waals surface area contributed by atoms with Gasteiger partial charge in [-0.2, -0.15) is 0 Å². The lowest BCUT2D eigenvalue weighted by atomic mass is 9.79. The Morgan fingerprint density at radius 3 is 1.10 bits per heavy atom. The molecule has 0 saturated heterocycles. The Balaban J connectivity index is 0.888. The second kappa shape index (κ2) is 12.5. The van der Waals surface area contributed by atoms with Crippen LogP contribution in [0.5, 0.6) is 0 Å². The Labute approximate surface area is 390 Å². The summed E-state index contributed by atoms with van der Waals surface area (Å²) in [6, 6.07) is 63.9. The lowest BCUT2D eigenvalue weighted by molar-refractivity contribution is 0.660. The van der Waals surface area contributed by atoms with E-state index < -0.39 is 8.07 Å². The SMILES string of the molecule is CC1(C)c2cc3c(cc2-c2c1cc(-c1ccc4c(c1)oc1ccccc14)c1ccccc21)[Si](C)(C)c1cc2c(cc1-3)C(C)(C)c1cc(-c3ccc4c(c3)oc3ccccc34)c3ccccc3c1-2. The molecule has 15 rings (SSSR count). The van der Waals surface area contributed by atoms with Crippen LogP contribution < -0.4 is 10.4 Å². The lowest BCUT2D eigenvalue weighted by Crippen LogP contribution is -2.49. The van der Waals surface area contributed by atoms with Gasteiger partial charge in [0.2, 0.25) is 0 Å². The molecule has 0 bridgehead atoms. The largest absolute Gasteiger partial charge is 0.456 e. The van der Waals surface area contributed by atoms with E-state index in [4.69, 9.17) is 8.83 Å². The zero-order valence-electron chi connectivity index (χ0n) is 38.5. The molecule has 0 radical (unpaired) electrons. The van der Waals surface area contributed by atoms with Crippen LogP contribution in [0.15, 0.2) is 179 Å². The zero-order chi connectivity index (χ0) is 44.9. The van der Waals surface area contributed by atoms with E-state index in [-0.39, 0.29) is 10.8 Å². The van der Waals surface area contributed by atoms with Gasteiger partial charge in [-0.05, 0) is 170 Å². The first-order valence-electron chi connectivity index (χ1n) is 23.8. The topological polar surface area (TPSA) is 26.3 Å². The number of hydrogen-bond donors (Lipinski definition) is 0. The van der Waals surface area contributed by atoms with Crippen molar-refractivity contribution in [1.82, 2.24) is 0 Å². The summed E-state index contributed by atoms with van der Waals surface area (Å²) in [5.41, 5.74) is 22.3. The molecule has 0 N–H and O–H groups in total. The van der Waals surface area contributed by atoms with Crippen LogP contribution in [0.1, 0.15) is 49.9 Å². The lowest BCUT2D eigenvalue weighted by Gasteiger charge is -2.24. The summed E-state index contributed by atoms with van der Waals surface area (Å²) in [6.07, 6.45) is 0. The van der Waals surface area contributed by atoms with Gasteiger partial charge >= 0.3 is 0 Å². The summed E-state index contributed by atoms with van der Waals surface area (Å²) in [7, 11) is -2.17. The minimum atomic E-state index is -2.17. The van der Waals surface area contributed by atoms with Crippen molar-refractivity contribution in [2.24, 2.45) is 0 Å². The summed E-state index contributed by atoms with van der Waals surface area (Å²) in [6.45, 7) is 15.0. The van der Waals surface area contributed by atoms with E-state index in [0.29, 0.717) is 0 Å². The maximum atomic E-state index is 6.43. The Hall–Kier alpha value is -7.46. The Morgan fingerprint density at radius 2 is 0.672 bits per heavy atom.